The van der Waals surface area contributed by atoms with Gasteiger partial charge in [0.25, 0.3) is 0 Å². The molecule has 124 valence electrons. The third-order valence-corrected chi connectivity index (χ3v) is 3.73. The molecule has 0 unspecified atom stereocenters. The molecule has 0 bridgehead atoms. The number of hydrogen-bond donors (Lipinski definition) is 2. The van der Waals surface area contributed by atoms with Crippen LogP contribution in [0.1, 0.15) is 33.5 Å². The molecule has 0 atom stereocenters. The Bertz CT molecular complexity index is 776. The number of benzene rings is 1. The van der Waals surface area contributed by atoms with Crippen LogP contribution >= 0.6 is 0 Å². The van der Waals surface area contributed by atoms with Crippen LogP contribution in [0.25, 0.3) is 21.9 Å². The monoisotopic (exact) mass is 313 g/mol. The van der Waals surface area contributed by atoms with Crippen molar-refractivity contribution in [3.8, 4) is 0 Å². The summed E-state index contributed by atoms with van der Waals surface area (Å²) in [5.41, 5.74) is 8.98. The molecular formula is C18H27N5. The first-order chi connectivity index (χ1) is 11.3. The molecule has 3 heterocycles. The van der Waals surface area contributed by atoms with Crippen LogP contribution in [0.5, 0.6) is 0 Å². The minimum atomic E-state index is 0.530. The lowest BCUT2D eigenvalue weighted by Gasteiger charge is -2.07. The summed E-state index contributed by atoms with van der Waals surface area (Å²) in [4.78, 5) is 9.16. The number of nitrogens with two attached hydrogens (primary N) is 1. The van der Waals surface area contributed by atoms with Crippen molar-refractivity contribution in [2.45, 2.75) is 40.7 Å². The molecule has 0 saturated heterocycles. The average molecular weight is 313 g/mol. The zero-order valence-corrected chi connectivity index (χ0v) is 14.6. The quantitative estimate of drug-likeness (QED) is 0.667. The van der Waals surface area contributed by atoms with Crippen LogP contribution in [-0.4, -0.2) is 27.6 Å². The fraction of sp³-hybridized carbons (Fsp3) is 0.444. The zero-order valence-electron chi connectivity index (χ0n) is 14.6. The first-order valence-corrected chi connectivity index (χ1v) is 8.58. The Morgan fingerprint density at radius 3 is 2.57 bits per heavy atom. The Morgan fingerprint density at radius 1 is 1.04 bits per heavy atom. The molecule has 4 rings (SSSR count). The van der Waals surface area contributed by atoms with E-state index in [1.165, 1.54) is 0 Å². The van der Waals surface area contributed by atoms with E-state index < -0.39 is 0 Å². The lowest BCUT2D eigenvalue weighted by atomic mass is 10.2. The first-order valence-electron chi connectivity index (χ1n) is 8.58. The second kappa shape index (κ2) is 7.92. The van der Waals surface area contributed by atoms with Crippen LogP contribution in [0.2, 0.25) is 0 Å². The van der Waals surface area contributed by atoms with Crippen LogP contribution in [0.15, 0.2) is 24.3 Å². The molecule has 0 amide bonds. The van der Waals surface area contributed by atoms with Gasteiger partial charge in [-0.15, -0.1) is 0 Å². The fourth-order valence-corrected chi connectivity index (χ4v) is 2.85. The lowest BCUT2D eigenvalue weighted by Crippen LogP contribution is -2.17. The molecule has 0 fully saturated rings. The van der Waals surface area contributed by atoms with Gasteiger partial charge in [0.05, 0.1) is 11.0 Å². The molecule has 1 aromatic carbocycles. The first kappa shape index (κ1) is 17.2. The fourth-order valence-electron chi connectivity index (χ4n) is 2.85. The molecule has 1 aliphatic rings. The number of para-hydroxylation sites is 1. The van der Waals surface area contributed by atoms with Crippen molar-refractivity contribution in [2.75, 3.05) is 18.8 Å². The van der Waals surface area contributed by atoms with Crippen LogP contribution in [0.4, 0.5) is 5.82 Å². The number of rotatable bonds is 0. The Morgan fingerprint density at radius 2 is 1.78 bits per heavy atom. The van der Waals surface area contributed by atoms with E-state index in [4.69, 9.17) is 10.7 Å². The number of fused-ring (bicyclic) bond motifs is 5. The molecule has 0 aliphatic carbocycles. The molecule has 0 spiro atoms. The van der Waals surface area contributed by atoms with Crippen molar-refractivity contribution in [3.05, 3.63) is 30.1 Å². The number of hydrogen-bond acceptors (Lipinski definition) is 4. The second-order valence-corrected chi connectivity index (χ2v) is 4.89. The second-order valence-electron chi connectivity index (χ2n) is 4.89. The van der Waals surface area contributed by atoms with Gasteiger partial charge in [-0.1, -0.05) is 45.9 Å². The van der Waals surface area contributed by atoms with E-state index in [1.54, 1.807) is 0 Å². The minimum Gasteiger partial charge on any atom is -0.382 e. The van der Waals surface area contributed by atoms with Gasteiger partial charge in [0, 0.05) is 31.4 Å². The van der Waals surface area contributed by atoms with Crippen molar-refractivity contribution in [3.63, 3.8) is 0 Å². The number of aromatic nitrogens is 3. The van der Waals surface area contributed by atoms with Gasteiger partial charge in [0.15, 0.2) is 5.82 Å². The van der Waals surface area contributed by atoms with Gasteiger partial charge in [-0.3, -0.25) is 0 Å². The molecular weight excluding hydrogens is 286 g/mol. The highest BCUT2D eigenvalue weighted by Gasteiger charge is 2.17. The van der Waals surface area contributed by atoms with E-state index in [-0.39, 0.29) is 0 Å². The smallest absolute Gasteiger partial charge is 0.152 e. The standard InChI is InChI=1S/C14H15N5.2C2H6/c15-14-12-13(9-3-1-2-4-10(9)17-14)19-8-7-16-6-5-11(19)18-12;2*1-2/h1-4,16H,5-8H2,(H2,15,17);2*1-2H3. The maximum Gasteiger partial charge on any atom is 0.152 e. The minimum absolute atomic E-state index is 0.530. The van der Waals surface area contributed by atoms with Crippen molar-refractivity contribution in [2.24, 2.45) is 0 Å². The van der Waals surface area contributed by atoms with E-state index in [2.05, 4.69) is 20.9 Å². The summed E-state index contributed by atoms with van der Waals surface area (Å²) >= 11 is 0. The highest BCUT2D eigenvalue weighted by molar-refractivity contribution is 6.06. The van der Waals surface area contributed by atoms with Crippen LogP contribution in [0.3, 0.4) is 0 Å². The topological polar surface area (TPSA) is 68.8 Å². The van der Waals surface area contributed by atoms with Crippen molar-refractivity contribution < 1.29 is 0 Å². The Kier molecular flexibility index (Phi) is 5.93. The van der Waals surface area contributed by atoms with Gasteiger partial charge < -0.3 is 15.6 Å². The SMILES string of the molecule is CC.CC.Nc1nc2ccccc2c2c1nc1n2CCNCC1. The normalized spacial score (nSPS) is 13.4. The van der Waals surface area contributed by atoms with Crippen LogP contribution < -0.4 is 11.1 Å². The highest BCUT2D eigenvalue weighted by atomic mass is 15.1. The molecule has 3 N–H and O–H groups in total. The lowest BCUT2D eigenvalue weighted by molar-refractivity contribution is 0.658. The van der Waals surface area contributed by atoms with E-state index in [0.29, 0.717) is 5.82 Å². The molecule has 0 saturated carbocycles. The van der Waals surface area contributed by atoms with Crippen molar-refractivity contribution in [1.82, 2.24) is 19.9 Å². The number of nitrogens with one attached hydrogen (secondary N) is 1. The average Bonchev–Trinajstić information content (AvgIpc) is 2.83. The Hall–Kier alpha value is -2.14. The molecule has 3 aromatic rings. The Labute approximate surface area is 137 Å². The summed E-state index contributed by atoms with van der Waals surface area (Å²) in [6, 6.07) is 8.12. The van der Waals surface area contributed by atoms with E-state index in [9.17, 15) is 0 Å². The summed E-state index contributed by atoms with van der Waals surface area (Å²) < 4.78 is 2.29. The number of imidazole rings is 1. The summed E-state index contributed by atoms with van der Waals surface area (Å²) in [5.74, 6) is 1.63. The highest BCUT2D eigenvalue weighted by Crippen LogP contribution is 2.29. The van der Waals surface area contributed by atoms with Gasteiger partial charge in [-0.25, -0.2) is 9.97 Å². The molecule has 1 aliphatic heterocycles. The van der Waals surface area contributed by atoms with Crippen LogP contribution in [0, 0.1) is 0 Å². The Balaban J connectivity index is 0.000000448. The summed E-state index contributed by atoms with van der Waals surface area (Å²) in [6.45, 7) is 10.9. The third kappa shape index (κ3) is 3.15. The summed E-state index contributed by atoms with van der Waals surface area (Å²) in [7, 11) is 0. The molecule has 23 heavy (non-hydrogen) atoms. The van der Waals surface area contributed by atoms with Gasteiger partial charge in [-0.2, -0.15) is 0 Å². The van der Waals surface area contributed by atoms with E-state index in [1.807, 2.05) is 45.9 Å². The van der Waals surface area contributed by atoms with Gasteiger partial charge in [0.1, 0.15) is 11.3 Å². The third-order valence-electron chi connectivity index (χ3n) is 3.73. The predicted octanol–water partition coefficient (Wildman–Crippen LogP) is 3.36. The van der Waals surface area contributed by atoms with Gasteiger partial charge >= 0.3 is 0 Å². The van der Waals surface area contributed by atoms with Crippen LogP contribution in [-0.2, 0) is 13.0 Å². The number of anilines is 1. The van der Waals surface area contributed by atoms with Crippen molar-refractivity contribution in [1.29, 1.82) is 0 Å². The summed E-state index contributed by atoms with van der Waals surface area (Å²) in [6.07, 6.45) is 0.933. The molecule has 5 heteroatoms. The van der Waals surface area contributed by atoms with Gasteiger partial charge in [-0.05, 0) is 6.07 Å². The number of nitrogens with zero attached hydrogens (tertiary/aromatic N) is 3. The molecule has 5 nitrogen and oxygen atoms in total. The maximum atomic E-state index is 6.07. The molecule has 2 aromatic heterocycles. The number of nitrogen functional groups attached to an aromatic ring is 1. The zero-order chi connectivity index (χ0) is 16.8. The maximum absolute atomic E-state index is 6.07. The van der Waals surface area contributed by atoms with Crippen molar-refractivity contribution >= 4 is 27.8 Å². The summed E-state index contributed by atoms with van der Waals surface area (Å²) in [5, 5.41) is 4.53. The van der Waals surface area contributed by atoms with E-state index in [0.717, 1.165) is 53.8 Å². The largest absolute Gasteiger partial charge is 0.382 e. The van der Waals surface area contributed by atoms with Gasteiger partial charge in [0.2, 0.25) is 0 Å². The molecule has 0 radical (unpaired) electrons. The predicted molar refractivity (Wildman–Crippen MR) is 98.7 cm³/mol. The number of pyridine rings is 1. The van der Waals surface area contributed by atoms with E-state index >= 15 is 0 Å².